The normalized spacial score (nSPS) is 37.3. The van der Waals surface area contributed by atoms with Gasteiger partial charge in [0.2, 0.25) is 0 Å². The van der Waals surface area contributed by atoms with Crippen molar-refractivity contribution in [3.63, 3.8) is 0 Å². The molecule has 1 aliphatic carbocycles. The number of esters is 1. The first-order valence-electron chi connectivity index (χ1n) is 5.54. The van der Waals surface area contributed by atoms with Gasteiger partial charge in [0.05, 0.1) is 18.4 Å². The Morgan fingerprint density at radius 2 is 2.29 bits per heavy atom. The van der Waals surface area contributed by atoms with Crippen LogP contribution in [0.25, 0.3) is 0 Å². The van der Waals surface area contributed by atoms with E-state index in [4.69, 9.17) is 19.3 Å². The number of epoxide rings is 2. The fourth-order valence-corrected chi connectivity index (χ4v) is 2.04. The summed E-state index contributed by atoms with van der Waals surface area (Å²) in [6.45, 7) is 0.819. The van der Waals surface area contributed by atoms with Crippen molar-refractivity contribution >= 4 is 11.9 Å². The van der Waals surface area contributed by atoms with Gasteiger partial charge in [-0.2, -0.15) is 0 Å². The average Bonchev–Trinajstić information content (AvgIpc) is 3.17. The minimum Gasteiger partial charge on any atom is -0.483 e. The SMILES string of the molecule is O=C(O)C1C=C2OC2CC1C(=O)OCC1CO1. The Balaban J connectivity index is 1.65. The van der Waals surface area contributed by atoms with E-state index in [1.54, 1.807) is 0 Å². The van der Waals surface area contributed by atoms with Crippen LogP contribution < -0.4 is 0 Å². The highest BCUT2D eigenvalue weighted by Crippen LogP contribution is 2.42. The van der Waals surface area contributed by atoms with E-state index >= 15 is 0 Å². The summed E-state index contributed by atoms with van der Waals surface area (Å²) in [7, 11) is 0. The number of carboxylic acid groups (broad SMARTS) is 1. The largest absolute Gasteiger partial charge is 0.483 e. The molecule has 3 aliphatic rings. The van der Waals surface area contributed by atoms with Crippen LogP contribution in [0.2, 0.25) is 0 Å². The van der Waals surface area contributed by atoms with E-state index in [1.807, 2.05) is 0 Å². The Bertz CT molecular complexity index is 397. The van der Waals surface area contributed by atoms with E-state index in [1.165, 1.54) is 6.08 Å². The van der Waals surface area contributed by atoms with Gasteiger partial charge in [-0.3, -0.25) is 9.59 Å². The number of ether oxygens (including phenoxy) is 3. The molecule has 0 saturated carbocycles. The summed E-state index contributed by atoms with van der Waals surface area (Å²) in [6.07, 6.45) is 1.82. The van der Waals surface area contributed by atoms with Crippen molar-refractivity contribution in [1.82, 2.24) is 0 Å². The lowest BCUT2D eigenvalue weighted by atomic mass is 9.84. The average molecular weight is 240 g/mol. The number of aliphatic carboxylic acids is 1. The molecule has 1 N–H and O–H groups in total. The Kier molecular flexibility index (Phi) is 2.32. The van der Waals surface area contributed by atoms with Crippen LogP contribution >= 0.6 is 0 Å². The van der Waals surface area contributed by atoms with Gasteiger partial charge in [0.15, 0.2) is 6.10 Å². The minimum atomic E-state index is -1.02. The van der Waals surface area contributed by atoms with Crippen molar-refractivity contribution in [2.75, 3.05) is 13.2 Å². The highest BCUT2D eigenvalue weighted by molar-refractivity contribution is 5.83. The quantitative estimate of drug-likeness (QED) is 0.546. The molecule has 17 heavy (non-hydrogen) atoms. The topological polar surface area (TPSA) is 88.7 Å². The van der Waals surface area contributed by atoms with Crippen LogP contribution in [0.1, 0.15) is 6.42 Å². The number of carbonyl (C=O) groups excluding carboxylic acids is 1. The highest BCUT2D eigenvalue weighted by atomic mass is 16.6. The number of carboxylic acids is 1. The summed E-state index contributed by atoms with van der Waals surface area (Å²) in [5.74, 6) is -2.29. The van der Waals surface area contributed by atoms with E-state index < -0.39 is 23.8 Å². The molecule has 6 nitrogen and oxygen atoms in total. The van der Waals surface area contributed by atoms with E-state index in [0.717, 1.165) is 0 Å². The molecule has 0 aromatic rings. The summed E-state index contributed by atoms with van der Waals surface area (Å²) < 4.78 is 15.1. The third kappa shape index (κ3) is 2.12. The predicted octanol–water partition coefficient (Wildman–Crippen LogP) is -0.0682. The van der Waals surface area contributed by atoms with Gasteiger partial charge in [0, 0.05) is 6.42 Å². The number of fused-ring (bicyclic) bond motifs is 1. The number of rotatable bonds is 4. The summed E-state index contributed by atoms with van der Waals surface area (Å²) in [5, 5.41) is 9.05. The second-order valence-electron chi connectivity index (χ2n) is 4.47. The Morgan fingerprint density at radius 1 is 1.53 bits per heavy atom. The molecule has 2 fully saturated rings. The van der Waals surface area contributed by atoms with Gasteiger partial charge in [-0.15, -0.1) is 0 Å². The first kappa shape index (κ1) is 10.6. The monoisotopic (exact) mass is 240 g/mol. The lowest BCUT2D eigenvalue weighted by molar-refractivity contribution is -0.157. The van der Waals surface area contributed by atoms with Gasteiger partial charge < -0.3 is 19.3 Å². The van der Waals surface area contributed by atoms with Gasteiger partial charge in [-0.05, 0) is 6.08 Å². The maximum atomic E-state index is 11.8. The van der Waals surface area contributed by atoms with E-state index in [9.17, 15) is 9.59 Å². The first-order chi connectivity index (χ1) is 8.15. The summed E-state index contributed by atoms with van der Waals surface area (Å²) in [5.41, 5.74) is 0. The Hall–Kier alpha value is -1.56. The van der Waals surface area contributed by atoms with Crippen LogP contribution in [-0.4, -0.2) is 42.5 Å². The van der Waals surface area contributed by atoms with Crippen LogP contribution in [0.3, 0.4) is 0 Å². The zero-order valence-electron chi connectivity index (χ0n) is 9.00. The zero-order chi connectivity index (χ0) is 12.0. The van der Waals surface area contributed by atoms with Crippen LogP contribution in [-0.2, 0) is 23.8 Å². The van der Waals surface area contributed by atoms with Crippen LogP contribution in [0.5, 0.6) is 0 Å². The standard InChI is InChI=1S/C11H12O6/c12-10(13)6-1-8-9(17-8)2-7(6)11(14)16-4-5-3-15-5/h1,5-7,9H,2-4H2,(H,12,13). The molecule has 4 unspecified atom stereocenters. The minimum absolute atomic E-state index is 0.00547. The molecule has 6 heteroatoms. The van der Waals surface area contributed by atoms with E-state index in [0.29, 0.717) is 18.8 Å². The first-order valence-corrected chi connectivity index (χ1v) is 5.54. The van der Waals surface area contributed by atoms with Crippen molar-refractivity contribution in [1.29, 1.82) is 0 Å². The molecule has 2 heterocycles. The maximum absolute atomic E-state index is 11.8. The fourth-order valence-electron chi connectivity index (χ4n) is 2.04. The van der Waals surface area contributed by atoms with Crippen LogP contribution in [0.15, 0.2) is 11.8 Å². The molecular weight excluding hydrogens is 228 g/mol. The summed E-state index contributed by atoms with van der Waals surface area (Å²) in [4.78, 5) is 22.8. The van der Waals surface area contributed by atoms with Gasteiger partial charge in [-0.1, -0.05) is 0 Å². The lowest BCUT2D eigenvalue weighted by Crippen LogP contribution is -2.33. The molecule has 0 bridgehead atoms. The van der Waals surface area contributed by atoms with Crippen molar-refractivity contribution < 1.29 is 28.9 Å². The molecule has 2 saturated heterocycles. The second kappa shape index (κ2) is 3.73. The molecule has 0 radical (unpaired) electrons. The van der Waals surface area contributed by atoms with Gasteiger partial charge in [0.25, 0.3) is 0 Å². The Labute approximate surface area is 97.1 Å². The number of hydrogen-bond acceptors (Lipinski definition) is 5. The molecule has 2 aliphatic heterocycles. The van der Waals surface area contributed by atoms with E-state index in [-0.39, 0.29) is 18.8 Å². The molecular formula is C11H12O6. The lowest BCUT2D eigenvalue weighted by Gasteiger charge is -2.20. The second-order valence-corrected chi connectivity index (χ2v) is 4.47. The number of carbonyl (C=O) groups is 2. The summed E-state index contributed by atoms with van der Waals surface area (Å²) >= 11 is 0. The molecule has 0 aromatic heterocycles. The van der Waals surface area contributed by atoms with Crippen LogP contribution in [0.4, 0.5) is 0 Å². The van der Waals surface area contributed by atoms with Crippen molar-refractivity contribution in [2.24, 2.45) is 11.8 Å². The molecule has 0 aromatic carbocycles. The summed E-state index contributed by atoms with van der Waals surface area (Å²) in [6, 6.07) is 0. The molecule has 3 rings (SSSR count). The van der Waals surface area contributed by atoms with Gasteiger partial charge in [0.1, 0.15) is 18.5 Å². The molecule has 0 amide bonds. The fraction of sp³-hybridized carbons (Fsp3) is 0.636. The van der Waals surface area contributed by atoms with Crippen molar-refractivity contribution in [3.8, 4) is 0 Å². The zero-order valence-corrected chi connectivity index (χ0v) is 9.00. The smallest absolute Gasteiger partial charge is 0.311 e. The molecule has 92 valence electrons. The van der Waals surface area contributed by atoms with Crippen molar-refractivity contribution in [3.05, 3.63) is 11.8 Å². The predicted molar refractivity (Wildman–Crippen MR) is 52.9 cm³/mol. The molecule has 0 spiro atoms. The third-order valence-corrected chi connectivity index (χ3v) is 3.19. The van der Waals surface area contributed by atoms with Crippen molar-refractivity contribution in [2.45, 2.75) is 18.6 Å². The van der Waals surface area contributed by atoms with Gasteiger partial charge in [-0.25, -0.2) is 0 Å². The number of hydrogen-bond donors (Lipinski definition) is 1. The Morgan fingerprint density at radius 3 is 2.94 bits per heavy atom. The van der Waals surface area contributed by atoms with Gasteiger partial charge >= 0.3 is 11.9 Å². The third-order valence-electron chi connectivity index (χ3n) is 3.19. The maximum Gasteiger partial charge on any atom is 0.311 e. The highest BCUT2D eigenvalue weighted by Gasteiger charge is 2.48. The van der Waals surface area contributed by atoms with E-state index in [2.05, 4.69) is 0 Å². The van der Waals surface area contributed by atoms with Crippen LogP contribution in [0, 0.1) is 11.8 Å². The molecule has 4 atom stereocenters.